The normalized spacial score (nSPS) is 11.2. The number of carbonyl (C=O) groups excluding carboxylic acids is 1. The van der Waals surface area contributed by atoms with Crippen molar-refractivity contribution in [2.45, 2.75) is 20.3 Å². The molecule has 2 aromatic heterocycles. The number of aryl methyl sites for hydroxylation is 1. The first kappa shape index (κ1) is 12.4. The molecule has 0 aromatic carbocycles. The van der Waals surface area contributed by atoms with Crippen LogP contribution in [0.5, 0.6) is 0 Å². The molecule has 0 radical (unpaired) electrons. The van der Waals surface area contributed by atoms with Gasteiger partial charge in [-0.15, -0.1) is 0 Å². The minimum absolute atomic E-state index is 0.149. The van der Waals surface area contributed by atoms with E-state index in [1.54, 1.807) is 13.8 Å². The van der Waals surface area contributed by atoms with E-state index >= 15 is 0 Å². The Morgan fingerprint density at radius 1 is 1.56 bits per heavy atom. The van der Waals surface area contributed by atoms with E-state index in [0.29, 0.717) is 12.2 Å². The number of rotatable bonds is 3. The zero-order valence-corrected chi connectivity index (χ0v) is 9.94. The highest BCUT2D eigenvalue weighted by Gasteiger charge is 2.19. The van der Waals surface area contributed by atoms with Gasteiger partial charge in [-0.3, -0.25) is 4.79 Å². The van der Waals surface area contributed by atoms with Crippen molar-refractivity contribution in [2.24, 2.45) is 0 Å². The Kier molecular flexibility index (Phi) is 3.22. The van der Waals surface area contributed by atoms with Gasteiger partial charge >= 0.3 is 0 Å². The molecular formula is C11H12F2N4O. The summed E-state index contributed by atoms with van der Waals surface area (Å²) in [6.45, 7) is 3.82. The van der Waals surface area contributed by atoms with E-state index in [1.807, 2.05) is 0 Å². The summed E-state index contributed by atoms with van der Waals surface area (Å²) in [5.74, 6) is -0.370. The van der Waals surface area contributed by atoms with Crippen LogP contribution < -0.4 is 5.32 Å². The summed E-state index contributed by atoms with van der Waals surface area (Å²) >= 11 is 0. The first-order chi connectivity index (χ1) is 8.54. The van der Waals surface area contributed by atoms with Crippen LogP contribution in [0.15, 0.2) is 12.3 Å². The van der Waals surface area contributed by atoms with Crippen molar-refractivity contribution < 1.29 is 13.6 Å². The van der Waals surface area contributed by atoms with Crippen molar-refractivity contribution >= 4 is 11.6 Å². The van der Waals surface area contributed by atoms with Crippen LogP contribution in [0.2, 0.25) is 0 Å². The number of aromatic nitrogens is 3. The lowest BCUT2D eigenvalue weighted by atomic mass is 10.3. The maximum atomic E-state index is 12.8. The minimum atomic E-state index is -2.67. The highest BCUT2D eigenvalue weighted by Crippen LogP contribution is 2.21. The van der Waals surface area contributed by atoms with E-state index in [4.69, 9.17) is 0 Å². The molecule has 0 aliphatic rings. The number of nitrogens with one attached hydrogen (secondary N) is 1. The second-order valence-corrected chi connectivity index (χ2v) is 3.78. The number of hydrogen-bond donors (Lipinski definition) is 1. The first-order valence-electron chi connectivity index (χ1n) is 5.46. The molecule has 2 heterocycles. The summed E-state index contributed by atoms with van der Waals surface area (Å²) < 4.78 is 26.7. The van der Waals surface area contributed by atoms with E-state index in [0.717, 1.165) is 4.52 Å². The third-order valence-corrected chi connectivity index (χ3v) is 2.43. The van der Waals surface area contributed by atoms with Gasteiger partial charge in [-0.05, 0) is 19.9 Å². The number of nitrogens with zero attached hydrogens (tertiary/aromatic N) is 3. The van der Waals surface area contributed by atoms with Crippen molar-refractivity contribution in [3.8, 4) is 0 Å². The first-order valence-corrected chi connectivity index (χ1v) is 5.46. The predicted molar refractivity (Wildman–Crippen MR) is 60.7 cm³/mol. The number of amides is 1. The molecule has 0 atom stereocenters. The number of alkyl halides is 2. The summed E-state index contributed by atoms with van der Waals surface area (Å²) in [4.78, 5) is 15.8. The molecule has 0 aliphatic heterocycles. The second kappa shape index (κ2) is 4.67. The standard InChI is InChI=1S/C11H12F2N4O/c1-3-14-11(18)7-5-15-17-8(9(12)13)4-6(2)16-10(7)17/h4-5,9H,3H2,1-2H3,(H,14,18). The smallest absolute Gasteiger partial charge is 0.280 e. The summed E-state index contributed by atoms with van der Waals surface area (Å²) in [5, 5.41) is 6.39. The maximum Gasteiger partial charge on any atom is 0.280 e. The summed E-state index contributed by atoms with van der Waals surface area (Å²) in [5.41, 5.74) is 0.496. The number of halogens is 2. The van der Waals surface area contributed by atoms with Gasteiger partial charge in [-0.25, -0.2) is 18.3 Å². The van der Waals surface area contributed by atoms with Gasteiger partial charge < -0.3 is 5.32 Å². The molecule has 1 N–H and O–H groups in total. The third-order valence-electron chi connectivity index (χ3n) is 2.43. The Hall–Kier alpha value is -2.05. The average Bonchev–Trinajstić information content (AvgIpc) is 2.71. The van der Waals surface area contributed by atoms with Gasteiger partial charge in [0.2, 0.25) is 0 Å². The minimum Gasteiger partial charge on any atom is -0.352 e. The van der Waals surface area contributed by atoms with E-state index in [1.165, 1.54) is 12.3 Å². The van der Waals surface area contributed by atoms with Crippen LogP contribution in [0, 0.1) is 6.92 Å². The van der Waals surface area contributed by atoms with Crippen molar-refractivity contribution in [1.82, 2.24) is 19.9 Å². The van der Waals surface area contributed by atoms with Gasteiger partial charge in [-0.2, -0.15) is 5.10 Å². The Morgan fingerprint density at radius 3 is 2.89 bits per heavy atom. The van der Waals surface area contributed by atoms with Crippen LogP contribution in [0.3, 0.4) is 0 Å². The molecule has 5 nitrogen and oxygen atoms in total. The molecule has 96 valence electrons. The highest BCUT2D eigenvalue weighted by molar-refractivity contribution is 5.99. The van der Waals surface area contributed by atoms with Crippen LogP contribution in [0.1, 0.15) is 35.1 Å². The fraction of sp³-hybridized carbons (Fsp3) is 0.364. The van der Waals surface area contributed by atoms with E-state index < -0.39 is 6.43 Å². The Labute approximate surface area is 102 Å². The Morgan fingerprint density at radius 2 is 2.28 bits per heavy atom. The molecule has 2 rings (SSSR count). The monoisotopic (exact) mass is 254 g/mol. The molecule has 7 heteroatoms. The molecule has 0 unspecified atom stereocenters. The van der Waals surface area contributed by atoms with Gasteiger partial charge in [0.05, 0.1) is 6.20 Å². The average molecular weight is 254 g/mol. The lowest BCUT2D eigenvalue weighted by molar-refractivity contribution is 0.0957. The topological polar surface area (TPSA) is 59.3 Å². The van der Waals surface area contributed by atoms with Gasteiger partial charge in [0, 0.05) is 12.2 Å². The molecule has 0 bridgehead atoms. The van der Waals surface area contributed by atoms with Gasteiger partial charge in [0.15, 0.2) is 5.65 Å². The molecule has 0 fully saturated rings. The number of hydrogen-bond acceptors (Lipinski definition) is 3. The van der Waals surface area contributed by atoms with Crippen LogP contribution in [-0.2, 0) is 0 Å². The second-order valence-electron chi connectivity index (χ2n) is 3.78. The third kappa shape index (κ3) is 2.03. The lowest BCUT2D eigenvalue weighted by Gasteiger charge is -2.05. The molecule has 0 spiro atoms. The van der Waals surface area contributed by atoms with E-state index in [9.17, 15) is 13.6 Å². The number of carbonyl (C=O) groups is 1. The lowest BCUT2D eigenvalue weighted by Crippen LogP contribution is -2.22. The fourth-order valence-corrected chi connectivity index (χ4v) is 1.68. The van der Waals surface area contributed by atoms with Crippen molar-refractivity contribution in [3.05, 3.63) is 29.2 Å². The molecule has 0 saturated carbocycles. The summed E-state index contributed by atoms with van der Waals surface area (Å²) in [6.07, 6.45) is -1.42. The van der Waals surface area contributed by atoms with Gasteiger partial charge in [0.1, 0.15) is 11.3 Å². The van der Waals surface area contributed by atoms with Crippen LogP contribution >= 0.6 is 0 Å². The van der Waals surface area contributed by atoms with Crippen LogP contribution in [-0.4, -0.2) is 27.0 Å². The fourth-order valence-electron chi connectivity index (χ4n) is 1.68. The maximum absolute atomic E-state index is 12.8. The zero-order chi connectivity index (χ0) is 13.3. The number of fused-ring (bicyclic) bond motifs is 1. The van der Waals surface area contributed by atoms with E-state index in [-0.39, 0.29) is 22.8 Å². The molecular weight excluding hydrogens is 242 g/mol. The molecule has 1 amide bonds. The Balaban J connectivity index is 2.62. The molecule has 0 aliphatic carbocycles. The van der Waals surface area contributed by atoms with Crippen LogP contribution in [0.25, 0.3) is 5.65 Å². The highest BCUT2D eigenvalue weighted by atomic mass is 19.3. The molecule has 2 aromatic rings. The van der Waals surface area contributed by atoms with Crippen molar-refractivity contribution in [3.63, 3.8) is 0 Å². The van der Waals surface area contributed by atoms with Crippen molar-refractivity contribution in [2.75, 3.05) is 6.54 Å². The SMILES string of the molecule is CCNC(=O)c1cnn2c(C(F)F)cc(C)nc12. The van der Waals surface area contributed by atoms with E-state index in [2.05, 4.69) is 15.4 Å². The van der Waals surface area contributed by atoms with Gasteiger partial charge in [-0.1, -0.05) is 0 Å². The largest absolute Gasteiger partial charge is 0.352 e. The molecule has 0 saturated heterocycles. The van der Waals surface area contributed by atoms with Gasteiger partial charge in [0.25, 0.3) is 12.3 Å². The predicted octanol–water partition coefficient (Wildman–Crippen LogP) is 1.73. The summed E-state index contributed by atoms with van der Waals surface area (Å²) in [6, 6.07) is 1.26. The van der Waals surface area contributed by atoms with Crippen molar-refractivity contribution in [1.29, 1.82) is 0 Å². The van der Waals surface area contributed by atoms with Crippen LogP contribution in [0.4, 0.5) is 8.78 Å². The zero-order valence-electron chi connectivity index (χ0n) is 9.94. The molecule has 18 heavy (non-hydrogen) atoms. The quantitative estimate of drug-likeness (QED) is 0.907. The Bertz CT molecular complexity index is 594. The summed E-state index contributed by atoms with van der Waals surface area (Å²) in [7, 11) is 0.